The lowest BCUT2D eigenvalue weighted by molar-refractivity contribution is 0.402. The molecule has 216 valence electrons. The first-order valence-corrected chi connectivity index (χ1v) is 17.1. The fourth-order valence-corrected chi connectivity index (χ4v) is 5.63. The van der Waals surface area contributed by atoms with Gasteiger partial charge in [0, 0.05) is 5.54 Å². The Labute approximate surface area is 230 Å². The summed E-state index contributed by atoms with van der Waals surface area (Å²) in [5.74, 6) is 0. The summed E-state index contributed by atoms with van der Waals surface area (Å²) in [4.78, 5) is 0. The molecule has 0 aliphatic rings. The van der Waals surface area contributed by atoms with E-state index >= 15 is 0 Å². The Kier molecular flexibility index (Phi) is 29.0. The molecule has 0 spiro atoms. The highest BCUT2D eigenvalue weighted by Gasteiger charge is 2.19. The molecule has 0 aromatic carbocycles. The predicted molar refractivity (Wildman–Crippen MR) is 167 cm³/mol. The highest BCUT2D eigenvalue weighted by atomic mass is 14.7. The summed E-state index contributed by atoms with van der Waals surface area (Å²) in [7, 11) is 0. The van der Waals surface area contributed by atoms with Crippen molar-refractivity contribution in [2.75, 3.05) is 0 Å². The minimum Gasteiger partial charge on any atom is -0.322 e. The van der Waals surface area contributed by atoms with Gasteiger partial charge in [-0.25, -0.2) is 0 Å². The number of nitrogens with two attached hydrogens (primary N) is 1. The molecule has 0 atom stereocenters. The van der Waals surface area contributed by atoms with Crippen molar-refractivity contribution in [3.63, 3.8) is 0 Å². The fraction of sp³-hybridized carbons (Fsp3) is 0.943. The number of hydrogen-bond acceptors (Lipinski definition) is 1. The lowest BCUT2D eigenvalue weighted by Crippen LogP contribution is -2.37. The van der Waals surface area contributed by atoms with E-state index in [9.17, 15) is 0 Å². The van der Waals surface area contributed by atoms with Crippen LogP contribution >= 0.6 is 0 Å². The van der Waals surface area contributed by atoms with Crippen LogP contribution in [0.2, 0.25) is 0 Å². The van der Waals surface area contributed by atoms with Gasteiger partial charge in [0.15, 0.2) is 0 Å². The van der Waals surface area contributed by atoms with Gasteiger partial charge in [0.1, 0.15) is 0 Å². The van der Waals surface area contributed by atoms with Gasteiger partial charge in [-0.2, -0.15) is 0 Å². The third-order valence-electron chi connectivity index (χ3n) is 8.40. The smallest absolute Gasteiger partial charge is 0.0336 e. The summed E-state index contributed by atoms with van der Waals surface area (Å²) >= 11 is 0. The fourth-order valence-electron chi connectivity index (χ4n) is 5.63. The molecule has 1 heteroatoms. The lowest BCUT2D eigenvalue weighted by atomic mass is 9.87. The predicted octanol–water partition coefficient (Wildman–Crippen LogP) is 12.6. The summed E-state index contributed by atoms with van der Waals surface area (Å²) in [5.41, 5.74) is 6.56. The molecule has 0 aliphatic heterocycles. The molecule has 0 bridgehead atoms. The maximum absolute atomic E-state index is 6.67. The Bertz CT molecular complexity index is 383. The second-order valence-corrected chi connectivity index (χ2v) is 12.1. The monoisotopic (exact) mass is 506 g/mol. The van der Waals surface area contributed by atoms with Gasteiger partial charge < -0.3 is 5.73 Å². The Morgan fingerprint density at radius 3 is 0.778 bits per heavy atom. The van der Waals surface area contributed by atoms with Crippen LogP contribution in [0.5, 0.6) is 0 Å². The van der Waals surface area contributed by atoms with Gasteiger partial charge in [-0.15, -0.1) is 6.58 Å². The van der Waals surface area contributed by atoms with Crippen LogP contribution in [0.3, 0.4) is 0 Å². The average Bonchev–Trinajstić information content (AvgIpc) is 2.89. The molecule has 0 aliphatic carbocycles. The van der Waals surface area contributed by atoms with Gasteiger partial charge in [-0.05, 0) is 12.8 Å². The first kappa shape index (κ1) is 35.7. The van der Waals surface area contributed by atoms with E-state index in [4.69, 9.17) is 5.73 Å². The SMILES string of the molecule is C=CC(N)(CCCCCCCCCCCCCCCC)CCCCCCCCCCCCCCCC. The Morgan fingerprint density at radius 2 is 0.583 bits per heavy atom. The molecular formula is C35H71N. The van der Waals surface area contributed by atoms with Gasteiger partial charge in [0.25, 0.3) is 0 Å². The first-order valence-electron chi connectivity index (χ1n) is 17.1. The summed E-state index contributed by atoms with van der Waals surface area (Å²) in [6.07, 6.45) is 44.0. The second kappa shape index (κ2) is 29.3. The van der Waals surface area contributed by atoms with Crippen LogP contribution in [0.1, 0.15) is 206 Å². The number of rotatable bonds is 31. The standard InChI is InChI=1S/C35H71N/c1-4-7-9-11-13-15-17-19-21-23-25-27-29-31-33-35(36,6-3)34-32-30-28-26-24-22-20-18-16-14-12-10-8-5-2/h6H,3-5,7-34,36H2,1-2H3. The molecule has 0 amide bonds. The quantitative estimate of drug-likeness (QED) is 0.0735. The molecule has 0 heterocycles. The lowest BCUT2D eigenvalue weighted by Gasteiger charge is -2.26. The van der Waals surface area contributed by atoms with Crippen molar-refractivity contribution in [3.05, 3.63) is 12.7 Å². The van der Waals surface area contributed by atoms with Gasteiger partial charge in [-0.3, -0.25) is 0 Å². The van der Waals surface area contributed by atoms with Crippen molar-refractivity contribution in [2.45, 2.75) is 212 Å². The van der Waals surface area contributed by atoms with Crippen LogP contribution in [-0.4, -0.2) is 5.54 Å². The average molecular weight is 506 g/mol. The molecule has 0 saturated heterocycles. The van der Waals surface area contributed by atoms with Crippen LogP contribution in [0.25, 0.3) is 0 Å². The van der Waals surface area contributed by atoms with Gasteiger partial charge in [0.05, 0.1) is 0 Å². The maximum Gasteiger partial charge on any atom is 0.0336 e. The third-order valence-corrected chi connectivity index (χ3v) is 8.40. The van der Waals surface area contributed by atoms with Crippen molar-refractivity contribution in [1.29, 1.82) is 0 Å². The van der Waals surface area contributed by atoms with Crippen LogP contribution in [0, 0.1) is 0 Å². The van der Waals surface area contributed by atoms with E-state index in [1.807, 2.05) is 0 Å². The molecule has 36 heavy (non-hydrogen) atoms. The number of unbranched alkanes of at least 4 members (excludes halogenated alkanes) is 26. The van der Waals surface area contributed by atoms with Gasteiger partial charge in [0.2, 0.25) is 0 Å². The highest BCUT2D eigenvalue weighted by Crippen LogP contribution is 2.23. The zero-order valence-corrected chi connectivity index (χ0v) is 25.6. The van der Waals surface area contributed by atoms with Crippen molar-refractivity contribution in [1.82, 2.24) is 0 Å². The summed E-state index contributed by atoms with van der Waals surface area (Å²) in [5, 5.41) is 0. The molecule has 0 aromatic heterocycles. The molecule has 0 fully saturated rings. The van der Waals surface area contributed by atoms with Crippen molar-refractivity contribution < 1.29 is 0 Å². The van der Waals surface area contributed by atoms with Crippen molar-refractivity contribution in [2.24, 2.45) is 5.73 Å². The molecule has 0 unspecified atom stereocenters. The third kappa shape index (κ3) is 26.8. The normalized spacial score (nSPS) is 11.9. The minimum atomic E-state index is -0.117. The molecular weight excluding hydrogens is 434 g/mol. The molecule has 0 saturated carbocycles. The minimum absolute atomic E-state index is 0.117. The van der Waals surface area contributed by atoms with Gasteiger partial charge in [-0.1, -0.05) is 200 Å². The molecule has 0 rings (SSSR count). The topological polar surface area (TPSA) is 26.0 Å². The van der Waals surface area contributed by atoms with Crippen LogP contribution < -0.4 is 5.73 Å². The zero-order valence-electron chi connectivity index (χ0n) is 25.6. The van der Waals surface area contributed by atoms with Gasteiger partial charge >= 0.3 is 0 Å². The van der Waals surface area contributed by atoms with E-state index in [-0.39, 0.29) is 5.54 Å². The van der Waals surface area contributed by atoms with Crippen LogP contribution in [-0.2, 0) is 0 Å². The van der Waals surface area contributed by atoms with E-state index in [0.717, 1.165) is 12.8 Å². The van der Waals surface area contributed by atoms with Crippen LogP contribution in [0.4, 0.5) is 0 Å². The van der Waals surface area contributed by atoms with Crippen molar-refractivity contribution >= 4 is 0 Å². The Morgan fingerprint density at radius 1 is 0.389 bits per heavy atom. The Balaban J connectivity index is 3.41. The summed E-state index contributed by atoms with van der Waals surface area (Å²) in [6, 6.07) is 0. The highest BCUT2D eigenvalue weighted by molar-refractivity contribution is 4.99. The summed E-state index contributed by atoms with van der Waals surface area (Å²) in [6.45, 7) is 8.67. The first-order chi connectivity index (χ1) is 17.7. The second-order valence-electron chi connectivity index (χ2n) is 12.1. The van der Waals surface area contributed by atoms with E-state index in [0.29, 0.717) is 0 Å². The van der Waals surface area contributed by atoms with Crippen molar-refractivity contribution in [3.8, 4) is 0 Å². The molecule has 0 aromatic rings. The zero-order chi connectivity index (χ0) is 26.4. The maximum atomic E-state index is 6.67. The molecule has 2 N–H and O–H groups in total. The van der Waals surface area contributed by atoms with Crippen LogP contribution in [0.15, 0.2) is 12.7 Å². The van der Waals surface area contributed by atoms with E-state index < -0.39 is 0 Å². The summed E-state index contributed by atoms with van der Waals surface area (Å²) < 4.78 is 0. The van der Waals surface area contributed by atoms with E-state index in [2.05, 4.69) is 26.5 Å². The largest absolute Gasteiger partial charge is 0.322 e. The Hall–Kier alpha value is -0.300. The van der Waals surface area contributed by atoms with E-state index in [1.54, 1.807) is 0 Å². The number of hydrogen-bond donors (Lipinski definition) is 1. The molecule has 1 nitrogen and oxygen atoms in total. The van der Waals surface area contributed by atoms with E-state index in [1.165, 1.54) is 180 Å². The molecule has 0 radical (unpaired) electrons.